The fourth-order valence-corrected chi connectivity index (χ4v) is 12.8. The van der Waals surface area contributed by atoms with Crippen molar-refractivity contribution in [3.05, 3.63) is 0 Å². The first-order valence-electron chi connectivity index (χ1n) is 16.2. The summed E-state index contributed by atoms with van der Waals surface area (Å²) in [6.07, 6.45) is -2.14. The fourth-order valence-electron chi connectivity index (χ4n) is 12.8. The van der Waals surface area contributed by atoms with Crippen LogP contribution in [-0.4, -0.2) is 111 Å². The zero-order valence-electron chi connectivity index (χ0n) is 28.1. The molecule has 1 saturated heterocycles. The minimum atomic E-state index is -1.56. The van der Waals surface area contributed by atoms with Gasteiger partial charge in [0.05, 0.1) is 12.2 Å². The van der Waals surface area contributed by atoms with Crippen LogP contribution in [0.3, 0.4) is 0 Å². The van der Waals surface area contributed by atoms with E-state index in [4.69, 9.17) is 33.2 Å². The number of piperidine rings is 1. The highest BCUT2D eigenvalue weighted by Crippen LogP contribution is 2.82. The molecule has 45 heavy (non-hydrogen) atoms. The van der Waals surface area contributed by atoms with Crippen molar-refractivity contribution in [2.24, 2.45) is 40.4 Å². The van der Waals surface area contributed by atoms with E-state index in [0.717, 1.165) is 19.4 Å². The van der Waals surface area contributed by atoms with Crippen LogP contribution in [0.15, 0.2) is 0 Å². The second-order valence-electron chi connectivity index (χ2n) is 14.6. The Bertz CT molecular complexity index is 1270. The number of hydrogen-bond acceptors (Lipinski definition) is 12. The monoisotopic (exact) mass is 635 g/mol. The molecule has 1 unspecified atom stereocenters. The molecule has 0 aromatic heterocycles. The highest BCUT2D eigenvalue weighted by molar-refractivity contribution is 5.71. The summed E-state index contributed by atoms with van der Waals surface area (Å²) in [5.74, 6) is -3.75. The Labute approximate surface area is 265 Å². The molecule has 0 N–H and O–H groups in total. The summed E-state index contributed by atoms with van der Waals surface area (Å²) in [7, 11) is 7.00. The summed E-state index contributed by atoms with van der Waals surface area (Å²) in [6, 6.07) is -0.232. The van der Waals surface area contributed by atoms with E-state index in [2.05, 4.69) is 25.8 Å². The number of nitrogens with zero attached hydrogens (tertiary/aromatic N) is 1. The van der Waals surface area contributed by atoms with Crippen molar-refractivity contribution in [1.29, 1.82) is 0 Å². The number of fused-ring (bicyclic) bond motifs is 2. The Morgan fingerprint density at radius 1 is 0.800 bits per heavy atom. The van der Waals surface area contributed by atoms with Crippen LogP contribution < -0.4 is 0 Å². The number of carbonyl (C=O) groups is 4. The summed E-state index contributed by atoms with van der Waals surface area (Å²) in [5, 5.41) is 0. The quantitative estimate of drug-likeness (QED) is 0.286. The highest BCUT2D eigenvalue weighted by Gasteiger charge is 2.93. The van der Waals surface area contributed by atoms with Gasteiger partial charge in [-0.05, 0) is 43.6 Å². The molecular formula is C33H49NO11. The molecule has 6 aliphatic rings. The Kier molecular flexibility index (Phi) is 7.70. The van der Waals surface area contributed by atoms with E-state index in [9.17, 15) is 19.2 Å². The van der Waals surface area contributed by atoms with Gasteiger partial charge >= 0.3 is 23.9 Å². The van der Waals surface area contributed by atoms with Crippen LogP contribution in [0.4, 0.5) is 0 Å². The van der Waals surface area contributed by atoms with E-state index < -0.39 is 76.7 Å². The Balaban J connectivity index is 1.77. The van der Waals surface area contributed by atoms with Crippen LogP contribution >= 0.6 is 0 Å². The van der Waals surface area contributed by atoms with Crippen LogP contribution in [0.2, 0.25) is 0 Å². The van der Waals surface area contributed by atoms with Gasteiger partial charge in [-0.3, -0.25) is 19.2 Å². The number of ether oxygens (including phenoxy) is 7. The minimum Gasteiger partial charge on any atom is -0.458 e. The molecule has 5 aliphatic carbocycles. The van der Waals surface area contributed by atoms with Crippen molar-refractivity contribution in [3.8, 4) is 0 Å². The topological polar surface area (TPSA) is 136 Å². The zero-order chi connectivity index (χ0) is 33.0. The molecule has 15 atom stereocenters. The fraction of sp³-hybridized carbons (Fsp3) is 0.879. The maximum absolute atomic E-state index is 13.4. The van der Waals surface area contributed by atoms with Crippen molar-refractivity contribution < 1.29 is 52.3 Å². The van der Waals surface area contributed by atoms with E-state index in [1.165, 1.54) is 34.8 Å². The highest BCUT2D eigenvalue weighted by atomic mass is 16.6. The number of rotatable bonds is 8. The first-order valence-corrected chi connectivity index (χ1v) is 16.2. The normalized spacial score (nSPS) is 50.5. The van der Waals surface area contributed by atoms with Gasteiger partial charge in [-0.15, -0.1) is 0 Å². The van der Waals surface area contributed by atoms with Gasteiger partial charge in [0.25, 0.3) is 0 Å². The summed E-state index contributed by atoms with van der Waals surface area (Å²) >= 11 is 0. The van der Waals surface area contributed by atoms with Gasteiger partial charge < -0.3 is 38.1 Å². The van der Waals surface area contributed by atoms with Crippen molar-refractivity contribution in [2.75, 3.05) is 34.9 Å². The molecule has 7 bridgehead atoms. The maximum Gasteiger partial charge on any atom is 0.303 e. The molecule has 12 nitrogen and oxygen atoms in total. The third kappa shape index (κ3) is 3.74. The third-order valence-electron chi connectivity index (χ3n) is 13.2. The Hall–Kier alpha value is -2.28. The third-order valence-corrected chi connectivity index (χ3v) is 13.2. The van der Waals surface area contributed by atoms with E-state index in [1.807, 2.05) is 0 Å². The SMILES string of the molecule is CC[C@]12CN(C)[C@@H]3C4[C@H](OC)[C@H]1[C@@]3([C@@H](OC)C[C@H]2C)[C@@H]1C[C@@]2(OC(C)=O)[C@H](OC(C)=O)[C@@H]1[C@]4(OC(C)=O)[C@@H](OC(C)=O)[C@@H]2OC. The molecule has 0 amide bonds. The second-order valence-corrected chi connectivity index (χ2v) is 14.6. The van der Waals surface area contributed by atoms with Crippen molar-refractivity contribution in [2.45, 2.75) is 109 Å². The number of methoxy groups -OCH3 is 3. The Morgan fingerprint density at radius 2 is 1.42 bits per heavy atom. The van der Waals surface area contributed by atoms with E-state index in [1.54, 1.807) is 14.2 Å². The summed E-state index contributed by atoms with van der Waals surface area (Å²) in [5.41, 5.74) is -3.85. The molecule has 0 aromatic rings. The number of likely N-dealkylation sites (tertiary alicyclic amines) is 1. The second kappa shape index (κ2) is 10.6. The Morgan fingerprint density at radius 3 is 1.93 bits per heavy atom. The van der Waals surface area contributed by atoms with E-state index in [0.29, 0.717) is 0 Å². The lowest BCUT2D eigenvalue weighted by Crippen LogP contribution is -2.81. The number of hydrogen-bond donors (Lipinski definition) is 0. The minimum absolute atomic E-state index is 0.0481. The maximum atomic E-state index is 13.4. The molecule has 1 spiro atoms. The van der Waals surface area contributed by atoms with Gasteiger partial charge in [0.15, 0.2) is 23.4 Å². The van der Waals surface area contributed by atoms with E-state index in [-0.39, 0.29) is 41.7 Å². The average molecular weight is 636 g/mol. The first kappa shape index (κ1) is 32.7. The molecule has 5 saturated carbocycles. The molecule has 1 heterocycles. The number of carbonyl (C=O) groups excluding carboxylic acids is 4. The lowest BCUT2D eigenvalue weighted by molar-refractivity contribution is -0.322. The van der Waals surface area contributed by atoms with Crippen molar-refractivity contribution in [3.63, 3.8) is 0 Å². The largest absolute Gasteiger partial charge is 0.458 e. The van der Waals surface area contributed by atoms with Crippen LogP contribution in [0.1, 0.15) is 60.8 Å². The smallest absolute Gasteiger partial charge is 0.303 e. The molecule has 0 aromatic carbocycles. The van der Waals surface area contributed by atoms with Gasteiger partial charge in [0.1, 0.15) is 6.10 Å². The number of esters is 4. The van der Waals surface area contributed by atoms with Crippen LogP contribution in [0.5, 0.6) is 0 Å². The van der Waals surface area contributed by atoms with Crippen LogP contribution in [0, 0.1) is 40.4 Å². The molecule has 1 aliphatic heterocycles. The summed E-state index contributed by atoms with van der Waals surface area (Å²) in [4.78, 5) is 54.6. The predicted molar refractivity (Wildman–Crippen MR) is 156 cm³/mol. The predicted octanol–water partition coefficient (Wildman–Crippen LogP) is 2.14. The van der Waals surface area contributed by atoms with Crippen LogP contribution in [0.25, 0.3) is 0 Å². The van der Waals surface area contributed by atoms with Gasteiger partial charge in [0, 0.05) is 84.8 Å². The molecular weight excluding hydrogens is 586 g/mol. The molecule has 6 fully saturated rings. The van der Waals surface area contributed by atoms with Crippen molar-refractivity contribution >= 4 is 23.9 Å². The van der Waals surface area contributed by atoms with E-state index >= 15 is 0 Å². The van der Waals surface area contributed by atoms with Crippen LogP contribution in [-0.2, 0) is 52.3 Å². The molecule has 6 rings (SSSR count). The van der Waals surface area contributed by atoms with Gasteiger partial charge in [-0.2, -0.15) is 0 Å². The lowest BCUT2D eigenvalue weighted by Gasteiger charge is -2.70. The average Bonchev–Trinajstić information content (AvgIpc) is 3.34. The molecule has 12 heteroatoms. The zero-order valence-corrected chi connectivity index (χ0v) is 28.1. The lowest BCUT2D eigenvalue weighted by atomic mass is 9.41. The van der Waals surface area contributed by atoms with Gasteiger partial charge in [0.2, 0.25) is 0 Å². The van der Waals surface area contributed by atoms with Crippen molar-refractivity contribution in [1.82, 2.24) is 4.90 Å². The summed E-state index contributed by atoms with van der Waals surface area (Å²) in [6.45, 7) is 10.6. The molecule has 0 radical (unpaired) electrons. The standard InChI is InChI=1S/C33H49NO11/c1-11-30-14-34(7)26-23-24(40-9)25(30)32(26,21(39-8)12-15(30)2)20-13-31(44-18(5)37)27(42-16(3)35)22(20)33(23,45-19(6)38)29(28(31)41-10)43-17(4)36/h15,20-29H,11-14H2,1-10H3/t15-,20-,21+,22-,23?,24+,25-,26-,27-,28+,29+,30-,31-,32+,33-/m1/s1. The summed E-state index contributed by atoms with van der Waals surface area (Å²) < 4.78 is 44.6. The van der Waals surface area contributed by atoms with Gasteiger partial charge in [-0.1, -0.05) is 13.8 Å². The first-order chi connectivity index (χ1) is 21.2. The molecule has 252 valence electrons. The van der Waals surface area contributed by atoms with Gasteiger partial charge in [-0.25, -0.2) is 0 Å².